The number of hydrogen-bond acceptors (Lipinski definition) is 5. The van der Waals surface area contributed by atoms with Crippen molar-refractivity contribution in [3.8, 4) is 11.5 Å². The average molecular weight is 480 g/mol. The highest BCUT2D eigenvalue weighted by molar-refractivity contribution is 9.12. The summed E-state index contributed by atoms with van der Waals surface area (Å²) in [5.41, 5.74) is 9.95. The topological polar surface area (TPSA) is 117 Å². The first-order chi connectivity index (χ1) is 14.2. The van der Waals surface area contributed by atoms with Gasteiger partial charge in [0.1, 0.15) is 0 Å². The van der Waals surface area contributed by atoms with Crippen molar-refractivity contribution < 1.29 is 27.8 Å². The molecule has 7 nitrogen and oxygen atoms in total. The third-order valence-electron chi connectivity index (χ3n) is 4.60. The molecular formula is C20H16BrF2N3O4. The zero-order valence-electron chi connectivity index (χ0n) is 15.6. The summed E-state index contributed by atoms with van der Waals surface area (Å²) in [6, 6.07) is 7.85. The number of halogens is 3. The van der Waals surface area contributed by atoms with E-state index in [4.69, 9.17) is 20.9 Å². The normalized spacial score (nSPS) is 20.4. The minimum atomic E-state index is -1.64. The lowest BCUT2D eigenvalue weighted by Gasteiger charge is -2.36. The number of methoxy groups -OCH3 is 1. The third-order valence-corrected chi connectivity index (χ3v) is 5.03. The molecule has 2 aromatic carbocycles. The van der Waals surface area contributed by atoms with Gasteiger partial charge in [0.15, 0.2) is 22.7 Å². The Morgan fingerprint density at radius 3 is 2.37 bits per heavy atom. The van der Waals surface area contributed by atoms with Gasteiger partial charge in [-0.15, -0.1) is 0 Å². The minimum Gasteiger partial charge on any atom is -0.490 e. The van der Waals surface area contributed by atoms with E-state index in [0.717, 1.165) is 19.2 Å². The van der Waals surface area contributed by atoms with Crippen molar-refractivity contribution in [3.63, 3.8) is 0 Å². The van der Waals surface area contributed by atoms with Crippen molar-refractivity contribution >= 4 is 34.0 Å². The molecule has 30 heavy (non-hydrogen) atoms. The smallest absolute Gasteiger partial charge is 0.248 e. The lowest BCUT2D eigenvalue weighted by molar-refractivity contribution is -0.124. The van der Waals surface area contributed by atoms with Crippen molar-refractivity contribution in [1.82, 2.24) is 0 Å². The van der Waals surface area contributed by atoms with E-state index in [1.54, 1.807) is 0 Å². The highest BCUT2D eigenvalue weighted by Crippen LogP contribution is 2.40. The fraction of sp³-hybridized carbons (Fsp3) is 0.150. The van der Waals surface area contributed by atoms with Gasteiger partial charge in [-0.1, -0.05) is 12.1 Å². The van der Waals surface area contributed by atoms with Gasteiger partial charge in [-0.2, -0.15) is 4.39 Å². The maximum absolute atomic E-state index is 14.1. The van der Waals surface area contributed by atoms with Crippen LogP contribution in [-0.2, 0) is 10.2 Å². The van der Waals surface area contributed by atoms with Gasteiger partial charge in [0, 0.05) is 16.3 Å². The Balaban J connectivity index is 2.13. The summed E-state index contributed by atoms with van der Waals surface area (Å²) in [4.78, 5) is 28.3. The van der Waals surface area contributed by atoms with E-state index in [1.807, 2.05) is 0 Å². The van der Waals surface area contributed by atoms with Gasteiger partial charge in [-0.3, -0.25) is 9.59 Å². The van der Waals surface area contributed by atoms with Crippen LogP contribution in [0.3, 0.4) is 0 Å². The monoisotopic (exact) mass is 479 g/mol. The van der Waals surface area contributed by atoms with Crippen molar-refractivity contribution in [2.75, 3.05) is 7.11 Å². The zero-order chi connectivity index (χ0) is 22.1. The van der Waals surface area contributed by atoms with Crippen molar-refractivity contribution in [3.05, 3.63) is 69.7 Å². The molecule has 1 heterocycles. The van der Waals surface area contributed by atoms with E-state index >= 15 is 0 Å². The summed E-state index contributed by atoms with van der Waals surface area (Å²) in [7, 11) is 1.15. The summed E-state index contributed by atoms with van der Waals surface area (Å²) in [5.74, 6) is -4.51. The van der Waals surface area contributed by atoms with Gasteiger partial charge < -0.3 is 20.9 Å². The van der Waals surface area contributed by atoms with Gasteiger partial charge in [0.05, 0.1) is 7.11 Å². The summed E-state index contributed by atoms with van der Waals surface area (Å²) in [6.07, 6.45) is 1.59. The van der Waals surface area contributed by atoms with Crippen LogP contribution in [0.1, 0.15) is 15.9 Å². The fourth-order valence-corrected chi connectivity index (χ4v) is 3.57. The van der Waals surface area contributed by atoms with Crippen molar-refractivity contribution in [2.45, 2.75) is 11.6 Å². The molecule has 156 valence electrons. The molecule has 0 fully saturated rings. The molecule has 0 saturated heterocycles. The first-order valence-electron chi connectivity index (χ1n) is 8.51. The highest BCUT2D eigenvalue weighted by atomic mass is 79.9. The van der Waals surface area contributed by atoms with Crippen LogP contribution in [0.25, 0.3) is 0 Å². The van der Waals surface area contributed by atoms with Crippen LogP contribution in [0.5, 0.6) is 11.5 Å². The Labute approximate surface area is 178 Å². The SMILES string of the molecule is COc1c(OC2N=CC(Br)=CC2(C(N)=O)c2ccc(C(N)=O)cc2)ccc(F)c1F. The Morgan fingerprint density at radius 1 is 1.13 bits per heavy atom. The molecule has 0 aliphatic carbocycles. The number of primary amides is 2. The lowest BCUT2D eigenvalue weighted by atomic mass is 9.76. The van der Waals surface area contributed by atoms with Crippen molar-refractivity contribution in [1.29, 1.82) is 0 Å². The summed E-state index contributed by atoms with van der Waals surface area (Å²) in [5, 5.41) is 0. The lowest BCUT2D eigenvalue weighted by Crippen LogP contribution is -2.52. The van der Waals surface area contributed by atoms with E-state index in [9.17, 15) is 18.4 Å². The molecular weight excluding hydrogens is 464 g/mol. The first kappa shape index (κ1) is 21.4. The Bertz CT molecular complexity index is 1070. The minimum absolute atomic E-state index is 0.177. The van der Waals surface area contributed by atoms with E-state index in [-0.39, 0.29) is 11.3 Å². The van der Waals surface area contributed by atoms with Crippen LogP contribution in [0.15, 0.2) is 51.9 Å². The Hall–Kier alpha value is -3.27. The molecule has 2 atom stereocenters. The van der Waals surface area contributed by atoms with Crippen LogP contribution in [0.2, 0.25) is 0 Å². The molecule has 1 aliphatic heterocycles. The number of amides is 2. The third kappa shape index (κ3) is 3.65. The number of allylic oxidation sites excluding steroid dienone is 1. The molecule has 0 aromatic heterocycles. The second-order valence-corrected chi connectivity index (χ2v) is 7.26. The van der Waals surface area contributed by atoms with Gasteiger partial charge in [0.25, 0.3) is 0 Å². The van der Waals surface area contributed by atoms with Crippen LogP contribution in [-0.4, -0.2) is 31.4 Å². The van der Waals surface area contributed by atoms with E-state index < -0.39 is 40.8 Å². The van der Waals surface area contributed by atoms with Crippen LogP contribution >= 0.6 is 15.9 Å². The number of hydrogen-bond donors (Lipinski definition) is 2. The Kier molecular flexibility index (Phi) is 5.88. The standard InChI is InChI=1S/C20H16BrF2N3O4/c1-29-16-14(7-6-13(22)15(16)23)30-19-20(18(25)28,8-12(21)9-26-19)11-4-2-10(3-5-11)17(24)27/h2-9,19H,1H3,(H2,24,27)(H2,25,28). The summed E-state index contributed by atoms with van der Waals surface area (Å²) in [6.45, 7) is 0. The molecule has 0 radical (unpaired) electrons. The largest absolute Gasteiger partial charge is 0.490 e. The van der Waals surface area contributed by atoms with E-state index in [0.29, 0.717) is 10.0 Å². The van der Waals surface area contributed by atoms with Crippen LogP contribution in [0, 0.1) is 11.6 Å². The number of dihydropyridines is 1. The number of rotatable bonds is 6. The molecule has 1 aliphatic rings. The Morgan fingerprint density at radius 2 is 1.80 bits per heavy atom. The first-order valence-corrected chi connectivity index (χ1v) is 9.30. The van der Waals surface area contributed by atoms with Crippen LogP contribution in [0.4, 0.5) is 8.78 Å². The maximum atomic E-state index is 14.1. The predicted molar refractivity (Wildman–Crippen MR) is 109 cm³/mol. The number of carbonyl (C=O) groups excluding carboxylic acids is 2. The molecule has 2 unspecified atom stereocenters. The van der Waals surface area contributed by atoms with Gasteiger partial charge >= 0.3 is 0 Å². The number of aliphatic imine (C=N–C) groups is 1. The number of ether oxygens (including phenoxy) is 2. The number of benzene rings is 2. The highest BCUT2D eigenvalue weighted by Gasteiger charge is 2.48. The maximum Gasteiger partial charge on any atom is 0.248 e. The molecule has 2 amide bonds. The molecule has 2 aromatic rings. The second kappa shape index (κ2) is 8.23. The van der Waals surface area contributed by atoms with Gasteiger partial charge in [-0.25, -0.2) is 9.38 Å². The average Bonchev–Trinajstić information content (AvgIpc) is 2.72. The van der Waals surface area contributed by atoms with Crippen LogP contribution < -0.4 is 20.9 Å². The molecule has 0 saturated carbocycles. The summed E-state index contributed by atoms with van der Waals surface area (Å²) < 4.78 is 38.8. The predicted octanol–water partition coefficient (Wildman–Crippen LogP) is 2.56. The van der Waals surface area contributed by atoms with Gasteiger partial charge in [0.2, 0.25) is 23.9 Å². The molecule has 10 heteroatoms. The molecule has 0 spiro atoms. The summed E-state index contributed by atoms with van der Waals surface area (Å²) >= 11 is 3.27. The van der Waals surface area contributed by atoms with E-state index in [2.05, 4.69) is 20.9 Å². The zero-order valence-corrected chi connectivity index (χ0v) is 17.2. The fourth-order valence-electron chi connectivity index (χ4n) is 3.09. The number of carbonyl (C=O) groups is 2. The molecule has 4 N–H and O–H groups in total. The second-order valence-electron chi connectivity index (χ2n) is 6.35. The molecule has 3 rings (SSSR count). The van der Waals surface area contributed by atoms with Gasteiger partial charge in [-0.05, 0) is 51.8 Å². The number of nitrogens with two attached hydrogens (primary N) is 2. The van der Waals surface area contributed by atoms with Crippen molar-refractivity contribution in [2.24, 2.45) is 16.5 Å². The van der Waals surface area contributed by atoms with E-state index in [1.165, 1.54) is 36.6 Å². The number of nitrogens with zero attached hydrogens (tertiary/aromatic N) is 1. The quantitative estimate of drug-likeness (QED) is 0.661. The molecule has 0 bridgehead atoms.